The maximum Gasteiger partial charge on any atom is 0.266 e. The number of aromatic nitrogens is 1. The Balaban J connectivity index is 1.97. The summed E-state index contributed by atoms with van der Waals surface area (Å²) in [5.74, 6) is -0.187. The van der Waals surface area contributed by atoms with E-state index < -0.39 is 11.9 Å². The number of anilines is 1. The molecule has 1 amide bonds. The van der Waals surface area contributed by atoms with Crippen molar-refractivity contribution in [1.29, 1.82) is 5.26 Å². The third-order valence-corrected chi connectivity index (χ3v) is 5.03. The quantitative estimate of drug-likeness (QED) is 0.805. The highest BCUT2D eigenvalue weighted by Gasteiger charge is 2.18. The van der Waals surface area contributed by atoms with Crippen molar-refractivity contribution in [2.24, 2.45) is 0 Å². The molecular formula is C15H14FN3O2S2. The van der Waals surface area contributed by atoms with E-state index in [2.05, 4.69) is 10.3 Å². The van der Waals surface area contributed by atoms with Gasteiger partial charge in [0.1, 0.15) is 11.6 Å². The summed E-state index contributed by atoms with van der Waals surface area (Å²) >= 11 is 2.69. The third-order valence-electron chi connectivity index (χ3n) is 2.73. The van der Waals surface area contributed by atoms with Crippen LogP contribution in [0.25, 0.3) is 0 Å². The van der Waals surface area contributed by atoms with Crippen LogP contribution in [0.4, 0.5) is 9.52 Å². The number of aryl methyl sites for hydroxylation is 1. The minimum atomic E-state index is -0.795. The highest BCUT2D eigenvalue weighted by molar-refractivity contribution is 8.01. The molecule has 2 aromatic rings. The number of nitrogens with one attached hydrogen (secondary N) is 1. The molecule has 0 saturated heterocycles. The average Bonchev–Trinajstić information content (AvgIpc) is 2.84. The van der Waals surface area contributed by atoms with Crippen LogP contribution in [0.5, 0.6) is 5.75 Å². The largest absolute Gasteiger partial charge is 0.481 e. The first-order valence-corrected chi connectivity index (χ1v) is 8.50. The summed E-state index contributed by atoms with van der Waals surface area (Å²) in [6.45, 7) is 3.39. The fourth-order valence-corrected chi connectivity index (χ4v) is 3.48. The van der Waals surface area contributed by atoms with Gasteiger partial charge in [0.05, 0.1) is 21.7 Å². The van der Waals surface area contributed by atoms with Gasteiger partial charge >= 0.3 is 0 Å². The summed E-state index contributed by atoms with van der Waals surface area (Å²) in [6.07, 6.45) is -0.795. The van der Waals surface area contributed by atoms with E-state index >= 15 is 0 Å². The summed E-state index contributed by atoms with van der Waals surface area (Å²) in [5.41, 5.74) is 0.768. The van der Waals surface area contributed by atoms with E-state index in [0.29, 0.717) is 10.9 Å². The minimum absolute atomic E-state index is 0.285. The fourth-order valence-electron chi connectivity index (χ4n) is 1.67. The Hall–Kier alpha value is -2.11. The second kappa shape index (κ2) is 7.94. The monoisotopic (exact) mass is 351 g/mol. The summed E-state index contributed by atoms with van der Waals surface area (Å²) in [4.78, 5) is 16.4. The van der Waals surface area contributed by atoms with Crippen LogP contribution in [-0.4, -0.2) is 22.7 Å². The molecule has 0 bridgehead atoms. The number of thioether (sulfide) groups is 1. The van der Waals surface area contributed by atoms with Crippen molar-refractivity contribution in [3.8, 4) is 11.8 Å². The summed E-state index contributed by atoms with van der Waals surface area (Å²) in [5, 5.41) is 11.7. The van der Waals surface area contributed by atoms with E-state index in [9.17, 15) is 9.18 Å². The van der Waals surface area contributed by atoms with Gasteiger partial charge in [-0.05, 0) is 26.0 Å². The predicted molar refractivity (Wildman–Crippen MR) is 88.3 cm³/mol. The Morgan fingerprint density at radius 2 is 2.39 bits per heavy atom. The zero-order valence-corrected chi connectivity index (χ0v) is 14.1. The number of halogens is 1. The number of ether oxygens (including phenoxy) is 1. The highest BCUT2D eigenvalue weighted by atomic mass is 32.2. The van der Waals surface area contributed by atoms with E-state index in [4.69, 9.17) is 10.00 Å². The lowest BCUT2D eigenvalue weighted by Crippen LogP contribution is -2.30. The normalized spacial score (nSPS) is 11.6. The van der Waals surface area contributed by atoms with Gasteiger partial charge in [-0.3, -0.25) is 10.1 Å². The zero-order valence-electron chi connectivity index (χ0n) is 12.5. The van der Waals surface area contributed by atoms with Crippen molar-refractivity contribution < 1.29 is 13.9 Å². The van der Waals surface area contributed by atoms with Crippen LogP contribution < -0.4 is 10.1 Å². The maximum absolute atomic E-state index is 13.1. The number of nitrogens with zero attached hydrogens (tertiary/aromatic N) is 2. The number of benzene rings is 1. The molecule has 120 valence electrons. The summed E-state index contributed by atoms with van der Waals surface area (Å²) in [7, 11) is 0. The second-order valence-electron chi connectivity index (χ2n) is 4.55. The molecule has 0 aliphatic rings. The first-order valence-electron chi connectivity index (χ1n) is 6.70. The topological polar surface area (TPSA) is 75.0 Å². The van der Waals surface area contributed by atoms with Gasteiger partial charge in [0.25, 0.3) is 5.91 Å². The van der Waals surface area contributed by atoms with Crippen LogP contribution >= 0.6 is 23.1 Å². The number of carbonyl (C=O) groups excluding carboxylic acids is 1. The molecular weight excluding hydrogens is 337 g/mol. The number of rotatable bonds is 6. The number of nitriles is 1. The van der Waals surface area contributed by atoms with Gasteiger partial charge in [-0.2, -0.15) is 5.26 Å². The van der Waals surface area contributed by atoms with Crippen molar-refractivity contribution >= 4 is 34.1 Å². The van der Waals surface area contributed by atoms with Crippen LogP contribution in [0.2, 0.25) is 0 Å². The predicted octanol–water partition coefficient (Wildman–Crippen LogP) is 3.61. The standard InChI is InChI=1S/C15H14FN3O2S2/c1-9-14(22-7-6-17)23-15(18-9)19-13(20)10(2)21-12-5-3-4-11(16)8-12/h3-5,8,10H,7H2,1-2H3,(H,18,19,20). The smallest absolute Gasteiger partial charge is 0.266 e. The van der Waals surface area contributed by atoms with Crippen LogP contribution in [0.3, 0.4) is 0 Å². The highest BCUT2D eigenvalue weighted by Crippen LogP contribution is 2.31. The van der Waals surface area contributed by atoms with Gasteiger partial charge in [-0.15, -0.1) is 0 Å². The zero-order chi connectivity index (χ0) is 16.8. The van der Waals surface area contributed by atoms with Crippen LogP contribution in [0, 0.1) is 24.1 Å². The molecule has 1 unspecified atom stereocenters. The molecule has 1 aromatic heterocycles. The summed E-state index contributed by atoms with van der Waals surface area (Å²) < 4.78 is 19.4. The molecule has 0 saturated carbocycles. The molecule has 5 nitrogen and oxygen atoms in total. The van der Waals surface area contributed by atoms with Gasteiger partial charge in [0, 0.05) is 6.07 Å². The van der Waals surface area contributed by atoms with E-state index in [-0.39, 0.29) is 11.7 Å². The van der Waals surface area contributed by atoms with Gasteiger partial charge in [-0.1, -0.05) is 29.2 Å². The molecule has 0 spiro atoms. The maximum atomic E-state index is 13.1. The molecule has 2 rings (SSSR count). The molecule has 23 heavy (non-hydrogen) atoms. The van der Waals surface area contributed by atoms with Gasteiger partial charge < -0.3 is 4.74 Å². The Labute approximate surface area is 141 Å². The molecule has 8 heteroatoms. The van der Waals surface area contributed by atoms with Crippen molar-refractivity contribution in [2.75, 3.05) is 11.1 Å². The molecule has 0 aliphatic heterocycles. The molecule has 1 N–H and O–H groups in total. The van der Waals surface area contributed by atoms with E-state index in [1.165, 1.54) is 41.3 Å². The fraction of sp³-hybridized carbons (Fsp3) is 0.267. The lowest BCUT2D eigenvalue weighted by molar-refractivity contribution is -0.122. The molecule has 1 aromatic carbocycles. The number of hydrogen-bond donors (Lipinski definition) is 1. The summed E-state index contributed by atoms with van der Waals surface area (Å²) in [6, 6.07) is 7.66. The third kappa shape index (κ3) is 4.94. The Kier molecular flexibility index (Phi) is 5.96. The van der Waals surface area contributed by atoms with E-state index in [1.807, 2.05) is 13.0 Å². The first kappa shape index (κ1) is 17.2. The molecule has 0 aliphatic carbocycles. The second-order valence-corrected chi connectivity index (χ2v) is 6.79. The molecule has 0 radical (unpaired) electrons. The Morgan fingerprint density at radius 1 is 1.61 bits per heavy atom. The average molecular weight is 351 g/mol. The minimum Gasteiger partial charge on any atom is -0.481 e. The first-order chi connectivity index (χ1) is 11.0. The van der Waals surface area contributed by atoms with Gasteiger partial charge in [-0.25, -0.2) is 9.37 Å². The lowest BCUT2D eigenvalue weighted by atomic mass is 10.3. The van der Waals surface area contributed by atoms with Crippen LogP contribution in [0.1, 0.15) is 12.6 Å². The van der Waals surface area contributed by atoms with Crippen LogP contribution in [0.15, 0.2) is 28.5 Å². The number of thiazole rings is 1. The lowest BCUT2D eigenvalue weighted by Gasteiger charge is -2.13. The number of hydrogen-bond acceptors (Lipinski definition) is 6. The Bertz CT molecular complexity index is 743. The number of carbonyl (C=O) groups is 1. The van der Waals surface area contributed by atoms with E-state index in [1.54, 1.807) is 13.0 Å². The van der Waals surface area contributed by atoms with Gasteiger partial charge in [0.2, 0.25) is 0 Å². The van der Waals surface area contributed by atoms with Gasteiger partial charge in [0.15, 0.2) is 11.2 Å². The van der Waals surface area contributed by atoms with Crippen molar-refractivity contribution in [2.45, 2.75) is 24.2 Å². The molecule has 1 heterocycles. The molecule has 1 atom stereocenters. The van der Waals surface area contributed by atoms with Crippen molar-refractivity contribution in [3.63, 3.8) is 0 Å². The van der Waals surface area contributed by atoms with E-state index in [0.717, 1.165) is 9.90 Å². The Morgan fingerprint density at radius 3 is 3.09 bits per heavy atom. The van der Waals surface area contributed by atoms with Crippen molar-refractivity contribution in [1.82, 2.24) is 4.98 Å². The SMILES string of the molecule is Cc1nc(NC(=O)C(C)Oc2cccc(F)c2)sc1SCC#N. The molecule has 0 fully saturated rings. The van der Waals surface area contributed by atoms with Crippen molar-refractivity contribution in [3.05, 3.63) is 35.8 Å². The van der Waals surface area contributed by atoms with Crippen LogP contribution in [-0.2, 0) is 4.79 Å². The number of amides is 1.